The lowest BCUT2D eigenvalue weighted by Crippen LogP contribution is -1.76. The molecule has 1 nitrogen and oxygen atoms in total. The average molecular weight is 420 g/mol. The molecule has 0 N–H and O–H groups in total. The van der Waals surface area contributed by atoms with Crippen LogP contribution in [-0.2, 0) is 0 Å². The van der Waals surface area contributed by atoms with Gasteiger partial charge in [-0.25, -0.2) is 0 Å². The molecule has 0 spiro atoms. The minimum atomic E-state index is 0.965. The summed E-state index contributed by atoms with van der Waals surface area (Å²) in [5.74, 6) is 0. The fourth-order valence-corrected chi connectivity index (χ4v) is 3.85. The Kier molecular flexibility index (Phi) is 2.39. The summed E-state index contributed by atoms with van der Waals surface area (Å²) in [4.78, 5) is 0. The number of furan rings is 1. The van der Waals surface area contributed by atoms with Crippen LogP contribution in [0.5, 0.6) is 0 Å². The molecule has 0 aliphatic rings. The summed E-state index contributed by atoms with van der Waals surface area (Å²) in [5, 5.41) is 2.43. The highest BCUT2D eigenvalue weighted by molar-refractivity contribution is 14.1. The van der Waals surface area contributed by atoms with Crippen molar-refractivity contribution in [2.75, 3.05) is 0 Å². The number of hydrogen-bond donors (Lipinski definition) is 0. The molecule has 0 saturated heterocycles. The van der Waals surface area contributed by atoms with Gasteiger partial charge in [-0.1, -0.05) is 18.2 Å². The van der Waals surface area contributed by atoms with Crippen LogP contribution in [0.4, 0.5) is 0 Å². The summed E-state index contributed by atoms with van der Waals surface area (Å²) >= 11 is 4.68. The van der Waals surface area contributed by atoms with E-state index in [-0.39, 0.29) is 0 Å². The Morgan fingerprint density at radius 1 is 0.933 bits per heavy atom. The van der Waals surface area contributed by atoms with Crippen LogP contribution >= 0.6 is 45.2 Å². The van der Waals surface area contributed by atoms with Gasteiger partial charge in [0, 0.05) is 17.9 Å². The van der Waals surface area contributed by atoms with Gasteiger partial charge in [0.1, 0.15) is 11.2 Å². The first-order valence-electron chi connectivity index (χ1n) is 4.52. The molecule has 0 aliphatic carbocycles. The molecule has 3 heteroatoms. The molecule has 0 aliphatic heterocycles. The molecule has 0 fully saturated rings. The van der Waals surface area contributed by atoms with Gasteiger partial charge in [0.25, 0.3) is 0 Å². The number of hydrogen-bond acceptors (Lipinski definition) is 1. The van der Waals surface area contributed by atoms with E-state index in [2.05, 4.69) is 63.4 Å². The van der Waals surface area contributed by atoms with Crippen molar-refractivity contribution in [1.82, 2.24) is 0 Å². The molecular weight excluding hydrogens is 414 g/mol. The normalized spacial score (nSPS) is 11.3. The van der Waals surface area contributed by atoms with Crippen molar-refractivity contribution in [3.8, 4) is 0 Å². The quantitative estimate of drug-likeness (QED) is 0.477. The van der Waals surface area contributed by atoms with Crippen LogP contribution in [0.25, 0.3) is 21.9 Å². The summed E-state index contributed by atoms with van der Waals surface area (Å²) in [6, 6.07) is 12.4. The van der Waals surface area contributed by atoms with Crippen molar-refractivity contribution in [3.05, 3.63) is 43.5 Å². The van der Waals surface area contributed by atoms with Gasteiger partial charge in [0.2, 0.25) is 0 Å². The average Bonchev–Trinajstić information content (AvgIpc) is 2.54. The fraction of sp³-hybridized carbons (Fsp3) is 0. The van der Waals surface area contributed by atoms with E-state index in [1.54, 1.807) is 0 Å². The zero-order valence-corrected chi connectivity index (χ0v) is 11.9. The van der Waals surface area contributed by atoms with E-state index >= 15 is 0 Å². The van der Waals surface area contributed by atoms with Crippen molar-refractivity contribution < 1.29 is 4.42 Å². The fourth-order valence-electron chi connectivity index (χ4n) is 1.77. The summed E-state index contributed by atoms with van der Waals surface area (Å²) < 4.78 is 8.27. The Morgan fingerprint density at radius 3 is 2.60 bits per heavy atom. The molecule has 3 rings (SSSR count). The molecule has 0 bridgehead atoms. The second-order valence-electron chi connectivity index (χ2n) is 3.36. The molecule has 1 heterocycles. The number of para-hydroxylation sites is 1. The van der Waals surface area contributed by atoms with Crippen LogP contribution in [0.15, 0.2) is 40.8 Å². The number of halogens is 2. The molecule has 0 atom stereocenters. The Labute approximate surface area is 114 Å². The van der Waals surface area contributed by atoms with E-state index in [1.807, 2.05) is 18.2 Å². The molecular formula is C12H6I2O. The van der Waals surface area contributed by atoms with E-state index in [4.69, 9.17) is 4.42 Å². The van der Waals surface area contributed by atoms with Crippen LogP contribution in [-0.4, -0.2) is 0 Å². The standard InChI is InChI=1S/C12H6I2O/c13-7-5-9(14)12-8-3-1-2-4-10(8)15-11(12)6-7/h1-6H. The SMILES string of the molecule is Ic1cc(I)c2c(c1)oc1ccccc12. The van der Waals surface area contributed by atoms with Crippen molar-refractivity contribution in [1.29, 1.82) is 0 Å². The summed E-state index contributed by atoms with van der Waals surface area (Å²) in [7, 11) is 0. The summed E-state index contributed by atoms with van der Waals surface area (Å²) in [6.45, 7) is 0. The first-order chi connectivity index (χ1) is 7.25. The Balaban J connectivity index is 2.61. The molecule has 2 aromatic carbocycles. The van der Waals surface area contributed by atoms with Crippen LogP contribution in [0.1, 0.15) is 0 Å². The monoisotopic (exact) mass is 420 g/mol. The van der Waals surface area contributed by atoms with Crippen LogP contribution in [0.2, 0.25) is 0 Å². The summed E-state index contributed by atoms with van der Waals surface area (Å²) in [6.07, 6.45) is 0. The van der Waals surface area contributed by atoms with E-state index in [0.717, 1.165) is 11.2 Å². The number of benzene rings is 2. The minimum absolute atomic E-state index is 0.965. The highest BCUT2D eigenvalue weighted by atomic mass is 127. The topological polar surface area (TPSA) is 13.1 Å². The first-order valence-corrected chi connectivity index (χ1v) is 6.68. The largest absolute Gasteiger partial charge is 0.456 e. The van der Waals surface area contributed by atoms with Crippen molar-refractivity contribution >= 4 is 67.1 Å². The lowest BCUT2D eigenvalue weighted by Gasteiger charge is -1.95. The van der Waals surface area contributed by atoms with Gasteiger partial charge in [-0.15, -0.1) is 0 Å². The predicted octanol–water partition coefficient (Wildman–Crippen LogP) is 4.80. The molecule has 74 valence electrons. The third-order valence-electron chi connectivity index (χ3n) is 2.40. The van der Waals surface area contributed by atoms with E-state index in [1.165, 1.54) is 17.9 Å². The Morgan fingerprint density at radius 2 is 1.73 bits per heavy atom. The van der Waals surface area contributed by atoms with E-state index < -0.39 is 0 Å². The molecule has 3 aromatic rings. The van der Waals surface area contributed by atoms with Crippen molar-refractivity contribution in [2.45, 2.75) is 0 Å². The van der Waals surface area contributed by atoms with Gasteiger partial charge in [-0.2, -0.15) is 0 Å². The zero-order valence-electron chi connectivity index (χ0n) is 7.63. The van der Waals surface area contributed by atoms with E-state index in [9.17, 15) is 0 Å². The molecule has 0 amide bonds. The van der Waals surface area contributed by atoms with Crippen molar-refractivity contribution in [2.24, 2.45) is 0 Å². The second-order valence-corrected chi connectivity index (χ2v) is 5.77. The zero-order chi connectivity index (χ0) is 10.4. The third kappa shape index (κ3) is 1.56. The van der Waals surface area contributed by atoms with Gasteiger partial charge >= 0.3 is 0 Å². The highest BCUT2D eigenvalue weighted by Crippen LogP contribution is 2.33. The molecule has 15 heavy (non-hydrogen) atoms. The maximum absolute atomic E-state index is 5.80. The number of fused-ring (bicyclic) bond motifs is 3. The van der Waals surface area contributed by atoms with Gasteiger partial charge in [0.15, 0.2) is 0 Å². The highest BCUT2D eigenvalue weighted by Gasteiger charge is 2.09. The predicted molar refractivity (Wildman–Crippen MR) is 79.2 cm³/mol. The lowest BCUT2D eigenvalue weighted by molar-refractivity contribution is 0.668. The van der Waals surface area contributed by atoms with Gasteiger partial charge < -0.3 is 4.42 Å². The third-order valence-corrected chi connectivity index (χ3v) is 3.87. The minimum Gasteiger partial charge on any atom is -0.456 e. The van der Waals surface area contributed by atoms with Crippen molar-refractivity contribution in [3.63, 3.8) is 0 Å². The molecule has 1 aromatic heterocycles. The van der Waals surface area contributed by atoms with Gasteiger partial charge in [0.05, 0.1) is 0 Å². The molecule has 0 saturated carbocycles. The Hall–Kier alpha value is -0.300. The molecule has 0 unspecified atom stereocenters. The number of rotatable bonds is 0. The Bertz CT molecular complexity index is 655. The van der Waals surface area contributed by atoms with Gasteiger partial charge in [-0.3, -0.25) is 0 Å². The lowest BCUT2D eigenvalue weighted by atomic mass is 10.2. The smallest absolute Gasteiger partial charge is 0.137 e. The summed E-state index contributed by atoms with van der Waals surface area (Å²) in [5.41, 5.74) is 1.94. The van der Waals surface area contributed by atoms with Crippen LogP contribution in [0.3, 0.4) is 0 Å². The van der Waals surface area contributed by atoms with E-state index in [0.29, 0.717) is 0 Å². The van der Waals surface area contributed by atoms with Crippen LogP contribution in [0, 0.1) is 7.14 Å². The molecule has 0 radical (unpaired) electrons. The first kappa shape index (κ1) is 9.89. The maximum Gasteiger partial charge on any atom is 0.137 e. The second kappa shape index (κ2) is 3.62. The van der Waals surface area contributed by atoms with Gasteiger partial charge in [-0.05, 0) is 63.4 Å². The maximum atomic E-state index is 5.80. The van der Waals surface area contributed by atoms with Crippen LogP contribution < -0.4 is 0 Å².